The molecule has 0 spiro atoms. The quantitative estimate of drug-likeness (QED) is 0.617. The summed E-state index contributed by atoms with van der Waals surface area (Å²) >= 11 is 0. The number of carbonyl (C=O) groups excluding carboxylic acids is 1. The Labute approximate surface area is 182 Å². The van der Waals surface area contributed by atoms with Crippen LogP contribution in [0.2, 0.25) is 0 Å². The van der Waals surface area contributed by atoms with E-state index in [4.69, 9.17) is 9.47 Å². The molecular weight excluding hydrogens is 401 g/mol. The predicted octanol–water partition coefficient (Wildman–Crippen LogP) is 4.30. The zero-order valence-electron chi connectivity index (χ0n) is 18.8. The first-order valence-electron chi connectivity index (χ1n) is 10.8. The van der Waals surface area contributed by atoms with E-state index in [-0.39, 0.29) is 25.7 Å². The van der Waals surface area contributed by atoms with Crippen molar-refractivity contribution in [2.75, 3.05) is 13.6 Å². The lowest BCUT2D eigenvalue weighted by Gasteiger charge is -2.22. The molecule has 2 aromatic heterocycles. The van der Waals surface area contributed by atoms with Crippen molar-refractivity contribution in [2.24, 2.45) is 7.05 Å². The van der Waals surface area contributed by atoms with Crippen LogP contribution in [0.3, 0.4) is 0 Å². The number of carbonyl (C=O) groups is 1. The summed E-state index contributed by atoms with van der Waals surface area (Å²) in [6, 6.07) is 3.72. The van der Waals surface area contributed by atoms with Gasteiger partial charge in [0.25, 0.3) is 0 Å². The highest BCUT2D eigenvalue weighted by Gasteiger charge is 2.21. The van der Waals surface area contributed by atoms with Crippen molar-refractivity contribution in [3.05, 3.63) is 24.0 Å². The van der Waals surface area contributed by atoms with E-state index in [2.05, 4.69) is 15.3 Å². The first kappa shape index (κ1) is 23.0. The normalized spacial score (nSPS) is 15.0. The highest BCUT2D eigenvalue weighted by molar-refractivity contribution is 5.67. The Morgan fingerprint density at radius 3 is 2.68 bits per heavy atom. The summed E-state index contributed by atoms with van der Waals surface area (Å²) in [6.45, 7) is 3.22. The van der Waals surface area contributed by atoms with Crippen molar-refractivity contribution in [3.8, 4) is 17.1 Å². The Bertz CT molecular complexity index is 857. The van der Waals surface area contributed by atoms with Gasteiger partial charge in [0.15, 0.2) is 0 Å². The Hall–Kier alpha value is -2.71. The summed E-state index contributed by atoms with van der Waals surface area (Å²) in [6.07, 6.45) is 7.51. The molecule has 0 unspecified atom stereocenters. The lowest BCUT2D eigenvalue weighted by atomic mass is 9.98. The van der Waals surface area contributed by atoms with E-state index < -0.39 is 11.8 Å². The van der Waals surface area contributed by atoms with Crippen LogP contribution in [0.1, 0.15) is 58.1 Å². The van der Waals surface area contributed by atoms with Crippen LogP contribution in [0.5, 0.6) is 5.75 Å². The molecule has 0 atom stereocenters. The molecule has 8 nitrogen and oxygen atoms in total. The smallest absolute Gasteiger partial charge is 0.409 e. The molecule has 0 aromatic carbocycles. The van der Waals surface area contributed by atoms with Crippen LogP contribution in [0, 0.1) is 0 Å². The molecule has 170 valence electrons. The molecule has 2 heterocycles. The number of hydrogen-bond acceptors (Lipinski definition) is 6. The van der Waals surface area contributed by atoms with E-state index in [1.807, 2.05) is 12.1 Å². The summed E-state index contributed by atoms with van der Waals surface area (Å²) in [4.78, 5) is 18.1. The number of hydrogen-bond donors (Lipinski definition) is 0. The molecule has 9 heteroatoms. The van der Waals surface area contributed by atoms with E-state index in [0.717, 1.165) is 18.6 Å². The lowest BCUT2D eigenvalue weighted by Crippen LogP contribution is -2.31. The summed E-state index contributed by atoms with van der Waals surface area (Å²) in [5.74, 6) is 0.741. The maximum atomic E-state index is 13.7. The van der Waals surface area contributed by atoms with E-state index >= 15 is 0 Å². The van der Waals surface area contributed by atoms with Crippen molar-refractivity contribution in [2.45, 2.75) is 70.8 Å². The van der Waals surface area contributed by atoms with Gasteiger partial charge in [0.05, 0.1) is 18.0 Å². The molecule has 3 rings (SSSR count). The fraction of sp³-hybridized carbons (Fsp3) is 0.636. The number of aryl methyl sites for hydroxylation is 1. The first-order chi connectivity index (χ1) is 14.7. The average Bonchev–Trinajstić information content (AvgIpc) is 3.11. The van der Waals surface area contributed by atoms with Crippen molar-refractivity contribution >= 4 is 6.09 Å². The Balaban J connectivity index is 1.60. The van der Waals surface area contributed by atoms with Gasteiger partial charge in [-0.1, -0.05) is 11.6 Å². The van der Waals surface area contributed by atoms with Gasteiger partial charge in [0.1, 0.15) is 29.4 Å². The van der Waals surface area contributed by atoms with Gasteiger partial charge in [-0.25, -0.2) is 13.9 Å². The van der Waals surface area contributed by atoms with Crippen LogP contribution in [-0.4, -0.2) is 56.3 Å². The van der Waals surface area contributed by atoms with E-state index in [0.29, 0.717) is 17.1 Å². The fourth-order valence-corrected chi connectivity index (χ4v) is 3.47. The second-order valence-corrected chi connectivity index (χ2v) is 8.71. The zero-order valence-corrected chi connectivity index (χ0v) is 18.8. The summed E-state index contributed by atoms with van der Waals surface area (Å²) in [7, 11) is 3.32. The zero-order chi connectivity index (χ0) is 22.4. The minimum absolute atomic E-state index is 0.0109. The number of pyridine rings is 1. The van der Waals surface area contributed by atoms with Crippen LogP contribution in [0.15, 0.2) is 18.3 Å². The highest BCUT2D eigenvalue weighted by Crippen LogP contribution is 2.25. The van der Waals surface area contributed by atoms with Gasteiger partial charge in [-0.15, -0.1) is 5.10 Å². The molecule has 1 fully saturated rings. The number of amides is 1. The SMILES string of the molecule is CN(CCC(C)(C)F)C(=O)OCc1c(-c2ccc(OC3CCCCC3)cn2)nnn1C. The maximum absolute atomic E-state index is 13.7. The maximum Gasteiger partial charge on any atom is 0.409 e. The van der Waals surface area contributed by atoms with Crippen molar-refractivity contribution < 1.29 is 18.7 Å². The fourth-order valence-electron chi connectivity index (χ4n) is 3.47. The molecule has 0 aliphatic heterocycles. The second-order valence-electron chi connectivity index (χ2n) is 8.71. The second kappa shape index (κ2) is 10.1. The minimum atomic E-state index is -1.34. The van der Waals surface area contributed by atoms with Crippen molar-refractivity contribution in [1.82, 2.24) is 24.9 Å². The van der Waals surface area contributed by atoms with E-state index in [1.165, 1.54) is 38.0 Å². The minimum Gasteiger partial charge on any atom is -0.489 e. The molecule has 1 aliphatic carbocycles. The standard InChI is InChI=1S/C22H32FN5O3/c1-22(2,23)12-13-27(3)21(29)30-15-19-20(25-26-28(19)4)18-11-10-17(14-24-18)31-16-8-6-5-7-9-16/h10-11,14,16H,5-9,12-13,15H2,1-4H3. The van der Waals surface area contributed by atoms with Gasteiger partial charge in [-0.05, 0) is 58.1 Å². The monoisotopic (exact) mass is 433 g/mol. The molecule has 1 saturated carbocycles. The molecular formula is C22H32FN5O3. The van der Waals surface area contributed by atoms with Gasteiger partial charge >= 0.3 is 6.09 Å². The number of aromatic nitrogens is 4. The number of ether oxygens (including phenoxy) is 2. The van der Waals surface area contributed by atoms with Gasteiger partial charge in [-0.2, -0.15) is 0 Å². The third-order valence-corrected chi connectivity index (χ3v) is 5.46. The molecule has 1 amide bonds. The van der Waals surface area contributed by atoms with E-state index in [9.17, 15) is 9.18 Å². The Kier molecular flexibility index (Phi) is 7.46. The lowest BCUT2D eigenvalue weighted by molar-refractivity contribution is 0.0947. The third kappa shape index (κ3) is 6.63. The summed E-state index contributed by atoms with van der Waals surface area (Å²) in [5, 5.41) is 8.22. The molecule has 0 N–H and O–H groups in total. The van der Waals surface area contributed by atoms with E-state index in [1.54, 1.807) is 25.0 Å². The van der Waals surface area contributed by atoms with Gasteiger partial charge in [0.2, 0.25) is 0 Å². The average molecular weight is 434 g/mol. The third-order valence-electron chi connectivity index (χ3n) is 5.46. The summed E-state index contributed by atoms with van der Waals surface area (Å²) in [5.41, 5.74) is 0.461. The molecule has 31 heavy (non-hydrogen) atoms. The largest absolute Gasteiger partial charge is 0.489 e. The number of alkyl halides is 1. The van der Waals surface area contributed by atoms with Gasteiger partial charge in [0, 0.05) is 20.6 Å². The van der Waals surface area contributed by atoms with Crippen LogP contribution >= 0.6 is 0 Å². The van der Waals surface area contributed by atoms with Crippen LogP contribution in [0.25, 0.3) is 11.4 Å². The highest BCUT2D eigenvalue weighted by atomic mass is 19.1. The number of nitrogens with zero attached hydrogens (tertiary/aromatic N) is 5. The van der Waals surface area contributed by atoms with Crippen molar-refractivity contribution in [3.63, 3.8) is 0 Å². The predicted molar refractivity (Wildman–Crippen MR) is 114 cm³/mol. The summed E-state index contributed by atoms with van der Waals surface area (Å²) < 4.78 is 26.6. The molecule has 2 aromatic rings. The first-order valence-corrected chi connectivity index (χ1v) is 10.8. The van der Waals surface area contributed by atoms with Crippen LogP contribution in [-0.2, 0) is 18.4 Å². The number of halogens is 1. The van der Waals surface area contributed by atoms with Gasteiger partial charge < -0.3 is 14.4 Å². The molecule has 0 bridgehead atoms. The van der Waals surface area contributed by atoms with Crippen molar-refractivity contribution in [1.29, 1.82) is 0 Å². The van der Waals surface area contributed by atoms with Crippen LogP contribution in [0.4, 0.5) is 9.18 Å². The van der Waals surface area contributed by atoms with Gasteiger partial charge in [-0.3, -0.25) is 4.98 Å². The molecule has 0 saturated heterocycles. The number of rotatable bonds is 8. The van der Waals surface area contributed by atoms with Crippen LogP contribution < -0.4 is 4.74 Å². The Morgan fingerprint density at radius 2 is 2.03 bits per heavy atom. The Morgan fingerprint density at radius 1 is 1.29 bits per heavy atom. The molecule has 0 radical (unpaired) electrons. The molecule has 1 aliphatic rings. The topological polar surface area (TPSA) is 82.4 Å².